The van der Waals surface area contributed by atoms with Gasteiger partial charge in [-0.2, -0.15) is 9.59 Å². The molecule has 0 bridgehead atoms. The van der Waals surface area contributed by atoms with Crippen LogP contribution in [0.4, 0.5) is 0 Å². The van der Waals surface area contributed by atoms with Crippen molar-refractivity contribution in [3.05, 3.63) is 144 Å². The molecule has 0 fully saturated rings. The van der Waals surface area contributed by atoms with Gasteiger partial charge in [-0.25, -0.2) is 0 Å². The van der Waals surface area contributed by atoms with Gasteiger partial charge in [0.15, 0.2) is 0 Å². The third kappa shape index (κ3) is 60.4. The summed E-state index contributed by atoms with van der Waals surface area (Å²) in [7, 11) is 0. The summed E-state index contributed by atoms with van der Waals surface area (Å²) in [6.07, 6.45) is 0.119. The van der Waals surface area contributed by atoms with Gasteiger partial charge in [0.05, 0.1) is 44.4 Å². The molecule has 0 saturated carbocycles. The molecular weight excluding hydrogens is 1150 g/mol. The van der Waals surface area contributed by atoms with Crippen molar-refractivity contribution in [2.24, 2.45) is 23.1 Å². The third-order valence-electron chi connectivity index (χ3n) is 8.26. The first-order chi connectivity index (χ1) is 33.4. The summed E-state index contributed by atoms with van der Waals surface area (Å²) >= 11 is 0. The van der Waals surface area contributed by atoms with E-state index in [2.05, 4.69) is 21.3 Å². The normalized spacial score (nSPS) is 10.5. The molecule has 0 spiro atoms. The second-order valence-electron chi connectivity index (χ2n) is 17.1. The number of amides is 4. The van der Waals surface area contributed by atoms with Crippen molar-refractivity contribution in [3.63, 3.8) is 0 Å². The number of nitrogens with one attached hydrogen (secondary N) is 4. The van der Waals surface area contributed by atoms with E-state index < -0.39 is 41.2 Å². The Labute approximate surface area is 538 Å². The number of rotatable bonds is 18. The van der Waals surface area contributed by atoms with Crippen LogP contribution in [0.15, 0.2) is 121 Å². The fraction of sp³-hybridized carbons (Fsp3) is 0.412. The molecule has 80 heavy (non-hydrogen) atoms. The topological polar surface area (TPSA) is 449 Å². The third-order valence-corrected chi connectivity index (χ3v) is 8.26. The van der Waals surface area contributed by atoms with E-state index >= 15 is 0 Å². The second kappa shape index (κ2) is 61.4. The largest absolute Gasteiger partial charge is 1.00 e. The summed E-state index contributed by atoms with van der Waals surface area (Å²) in [6.45, 7) is 10.8. The van der Waals surface area contributed by atoms with Gasteiger partial charge in [-0.05, 0) is 63.8 Å². The van der Waals surface area contributed by atoms with Crippen LogP contribution in [0.3, 0.4) is 0 Å². The van der Waals surface area contributed by atoms with Crippen molar-refractivity contribution >= 4 is 73.0 Å². The van der Waals surface area contributed by atoms with Gasteiger partial charge in [0.1, 0.15) is 23.7 Å². The average molecular weight is 1240 g/mol. The average Bonchev–Trinajstić information content (AvgIpc) is 3.35. The molecular formula is C51H83Cl4N7Na2O16. The van der Waals surface area contributed by atoms with E-state index in [0.717, 1.165) is 22.3 Å². The van der Waals surface area contributed by atoms with Gasteiger partial charge in [0.2, 0.25) is 23.6 Å². The van der Waals surface area contributed by atoms with E-state index in [1.165, 1.54) is 0 Å². The molecule has 4 rings (SSSR count). The molecule has 29 heteroatoms. The van der Waals surface area contributed by atoms with Crippen LogP contribution < -0.4 is 110 Å². The number of halogens is 4. The number of aliphatic hydroxyl groups is 5. The Morgan fingerprint density at radius 3 is 0.863 bits per heavy atom. The van der Waals surface area contributed by atoms with Gasteiger partial charge in [-0.3, -0.25) is 24.0 Å². The van der Waals surface area contributed by atoms with Gasteiger partial charge in [0, 0.05) is 26.2 Å². The summed E-state index contributed by atoms with van der Waals surface area (Å²) in [5, 5.41) is 54.2. The van der Waals surface area contributed by atoms with Crippen LogP contribution in [0.1, 0.15) is 70.2 Å². The van der Waals surface area contributed by atoms with Gasteiger partial charge >= 0.3 is 71.2 Å². The number of ether oxygens (including phenoxy) is 1. The van der Waals surface area contributed by atoms with Gasteiger partial charge < -0.3 is 97.6 Å². The predicted octanol–water partition coefficient (Wildman–Crippen LogP) is -8.84. The molecule has 0 aliphatic heterocycles. The fourth-order valence-corrected chi connectivity index (χ4v) is 4.75. The summed E-state index contributed by atoms with van der Waals surface area (Å²) in [4.78, 5) is 73.4. The number of nitrogens with two attached hydrogens (primary N) is 3. The minimum atomic E-state index is -0.835. The second-order valence-corrected chi connectivity index (χ2v) is 17.1. The van der Waals surface area contributed by atoms with Crippen LogP contribution in [0.25, 0.3) is 0 Å². The maximum absolute atomic E-state index is 12.0. The maximum Gasteiger partial charge on any atom is 1.00 e. The predicted molar refractivity (Wildman–Crippen MR) is 297 cm³/mol. The number of carbonyl (C=O) groups excluding carboxylic acids is 7. The first-order valence-electron chi connectivity index (χ1n) is 22.3. The zero-order chi connectivity index (χ0) is 54.3. The summed E-state index contributed by atoms with van der Waals surface area (Å²) in [6, 6.07) is 35.5. The molecule has 448 valence electrons. The molecule has 0 aliphatic rings. The molecule has 23 nitrogen and oxygen atoms in total. The maximum atomic E-state index is 12.0. The van der Waals surface area contributed by atoms with E-state index in [1.807, 2.05) is 121 Å². The summed E-state index contributed by atoms with van der Waals surface area (Å²) < 4.78 is 5.15. The molecule has 4 atom stereocenters. The molecule has 0 radical (unpaired) electrons. The number of hydrogen-bond donors (Lipinski definition) is 12. The van der Waals surface area contributed by atoms with E-state index in [9.17, 15) is 29.1 Å². The quantitative estimate of drug-likeness (QED) is 0.0325. The minimum Gasteiger partial charge on any atom is -1.00 e. The first kappa shape index (κ1) is 101. The van der Waals surface area contributed by atoms with Crippen LogP contribution in [0.2, 0.25) is 0 Å². The summed E-state index contributed by atoms with van der Waals surface area (Å²) in [5.41, 5.74) is 18.8. The minimum absolute atomic E-state index is 0. The standard InChI is InChI=1S/C16H23NO4.3C10H14N2O2.C4H10O.CO2.4ClH.2Na.3H2O/c1-16(2,3)21-14(19)9-13(11-18)15(20)17-10-12-7-5-4-6-8-12;3*11-9(7-13)10(14)12-6-8-4-2-1-3-5-8;1-4(2,3)5;2-1-3;;;;;;;;;/h4-8,13,18H,9-11H2,1-3H3,(H,17,20);3*1-5,9,13H,6-7,11H2,(H,12,14);5H,1-3H3;;4*1H;;;3*1H2/q;;;;;;;;;;2*+1;;;/p-2/t13-;3*9-;;;;;;;;;;;/m1111.........../s1. The van der Waals surface area contributed by atoms with Crippen LogP contribution in [-0.2, 0) is 64.5 Å². The van der Waals surface area contributed by atoms with E-state index in [4.69, 9.17) is 52.0 Å². The SMILES string of the molecule is CC(C)(C)O.CC(C)(C)OC(=O)C[C@H](CO)C(=O)NCc1ccccc1.Cl.Cl.Cl.N[C@H](CO)C(=O)NCc1ccccc1.N[C@H](CO)C(=O)NCc1ccccc1.N[C@H](CO)C(=O)NCc1ccccc1.O.O.O=C=O.[Cl-].[Na+].[Na+].[OH-]. The first-order valence-corrected chi connectivity index (χ1v) is 22.3. The Balaban J connectivity index is -0.0000000822. The number of esters is 1. The van der Waals surface area contributed by atoms with Crippen LogP contribution in [0, 0.1) is 5.92 Å². The van der Waals surface area contributed by atoms with Crippen molar-refractivity contribution in [2.75, 3.05) is 26.4 Å². The number of aliphatic hydroxyl groups excluding tert-OH is 4. The van der Waals surface area contributed by atoms with Crippen molar-refractivity contribution in [2.45, 2.75) is 103 Å². The van der Waals surface area contributed by atoms with Crippen molar-refractivity contribution in [1.82, 2.24) is 21.3 Å². The van der Waals surface area contributed by atoms with Gasteiger partial charge in [0.25, 0.3) is 0 Å². The molecule has 4 aromatic rings. The molecule has 4 amide bonds. The Bertz CT molecular complexity index is 1960. The zero-order valence-electron chi connectivity index (χ0n) is 46.5. The molecule has 4 aromatic carbocycles. The molecule has 0 heterocycles. The molecule has 0 unspecified atom stereocenters. The van der Waals surface area contributed by atoms with Crippen LogP contribution in [0.5, 0.6) is 0 Å². The zero-order valence-corrected chi connectivity index (χ0v) is 53.7. The van der Waals surface area contributed by atoms with E-state index in [1.54, 1.807) is 41.5 Å². The Morgan fingerprint density at radius 2 is 0.688 bits per heavy atom. The Hall–Kier alpha value is -3.67. The van der Waals surface area contributed by atoms with E-state index in [-0.39, 0.29) is 188 Å². The molecule has 20 N–H and O–H groups in total. The number of hydrogen-bond acceptors (Lipinski definition) is 17. The fourth-order valence-electron chi connectivity index (χ4n) is 4.75. The van der Waals surface area contributed by atoms with Crippen molar-refractivity contribution in [3.8, 4) is 0 Å². The molecule has 0 saturated heterocycles. The number of carbonyl (C=O) groups is 5. The van der Waals surface area contributed by atoms with Gasteiger partial charge in [-0.15, -0.1) is 37.2 Å². The smallest absolute Gasteiger partial charge is 1.00 e. The molecule has 0 aliphatic carbocycles. The van der Waals surface area contributed by atoms with Crippen molar-refractivity contribution < 1.29 is 152 Å². The van der Waals surface area contributed by atoms with Crippen LogP contribution >= 0.6 is 37.2 Å². The summed E-state index contributed by atoms with van der Waals surface area (Å²) in [5.74, 6) is -2.64. The van der Waals surface area contributed by atoms with Gasteiger partial charge in [-0.1, -0.05) is 121 Å². The number of benzene rings is 4. The van der Waals surface area contributed by atoms with Crippen LogP contribution in [-0.4, -0.2) is 133 Å². The van der Waals surface area contributed by atoms with Crippen molar-refractivity contribution in [1.29, 1.82) is 0 Å². The molecule has 0 aromatic heterocycles. The van der Waals surface area contributed by atoms with E-state index in [0.29, 0.717) is 26.2 Å². The monoisotopic (exact) mass is 1240 g/mol. The Morgan fingerprint density at radius 1 is 0.487 bits per heavy atom. The Kier molecular flexibility index (Phi) is 77.9.